The fraction of sp³-hybridized carbons (Fsp3) is 0. The molecule has 0 aliphatic carbocycles. The number of pyridine rings is 1. The number of nitrogens with two attached hydrogens (primary N) is 1. The maximum Gasteiger partial charge on any atom is 0.138 e. The van der Waals surface area contributed by atoms with Crippen LogP contribution in [0.1, 0.15) is 0 Å². The van der Waals surface area contributed by atoms with Crippen molar-refractivity contribution in [3.8, 4) is 11.4 Å². The molecule has 0 unspecified atom stereocenters. The van der Waals surface area contributed by atoms with Crippen molar-refractivity contribution in [2.45, 2.75) is 4.90 Å². The molecular formula is C22H17ClN4S. The Morgan fingerprint density at radius 1 is 0.893 bits per heavy atom. The van der Waals surface area contributed by atoms with Crippen molar-refractivity contribution in [2.75, 3.05) is 5.73 Å². The Morgan fingerprint density at radius 3 is 2.54 bits per heavy atom. The average molecular weight is 405 g/mol. The van der Waals surface area contributed by atoms with Crippen molar-refractivity contribution in [1.29, 1.82) is 0 Å². The molecular weight excluding hydrogens is 388 g/mol. The number of anilines is 1. The van der Waals surface area contributed by atoms with Crippen molar-refractivity contribution in [2.24, 2.45) is 0 Å². The number of hydrogen-bond donors (Lipinski definition) is 3. The predicted molar refractivity (Wildman–Crippen MR) is 120 cm³/mol. The minimum atomic E-state index is 0.618. The Morgan fingerprint density at radius 2 is 1.75 bits per heavy atom. The second-order valence-corrected chi connectivity index (χ2v) is 7.14. The molecule has 0 amide bonds. The van der Waals surface area contributed by atoms with Crippen LogP contribution in [0.25, 0.3) is 33.3 Å². The number of nitrogens with one attached hydrogen (secondary N) is 1. The Labute approximate surface area is 172 Å². The predicted octanol–water partition coefficient (Wildman–Crippen LogP) is 5.99. The van der Waals surface area contributed by atoms with Gasteiger partial charge in [0, 0.05) is 22.0 Å². The molecule has 0 aliphatic rings. The van der Waals surface area contributed by atoms with Crippen LogP contribution in [0.15, 0.2) is 83.9 Å². The molecule has 0 saturated carbocycles. The summed E-state index contributed by atoms with van der Waals surface area (Å²) in [5.74, 6) is 0.853. The molecule has 0 bridgehead atoms. The van der Waals surface area contributed by atoms with Crippen molar-refractivity contribution >= 4 is 51.9 Å². The highest BCUT2D eigenvalue weighted by Gasteiger charge is 2.06. The van der Waals surface area contributed by atoms with Crippen LogP contribution in [0.3, 0.4) is 0 Å². The van der Waals surface area contributed by atoms with E-state index in [4.69, 9.17) is 17.3 Å². The van der Waals surface area contributed by atoms with Crippen LogP contribution in [0, 0.1) is 0 Å². The van der Waals surface area contributed by atoms with Gasteiger partial charge in [0.15, 0.2) is 0 Å². The Bertz CT molecular complexity index is 1240. The number of H-pyrrole nitrogens is 1. The lowest BCUT2D eigenvalue weighted by molar-refractivity contribution is 1.33. The van der Waals surface area contributed by atoms with E-state index in [0.717, 1.165) is 38.2 Å². The van der Waals surface area contributed by atoms with E-state index in [0.29, 0.717) is 10.7 Å². The minimum absolute atomic E-state index is 0.618. The quantitative estimate of drug-likeness (QED) is 0.237. The van der Waals surface area contributed by atoms with Gasteiger partial charge in [0.1, 0.15) is 5.82 Å². The van der Waals surface area contributed by atoms with Crippen LogP contribution in [0.5, 0.6) is 0 Å². The Kier molecular flexibility index (Phi) is 5.19. The second kappa shape index (κ2) is 7.92. The lowest BCUT2D eigenvalue weighted by Gasteiger charge is -1.99. The first-order chi connectivity index (χ1) is 13.6. The van der Waals surface area contributed by atoms with E-state index in [9.17, 15) is 0 Å². The van der Waals surface area contributed by atoms with Crippen molar-refractivity contribution in [3.63, 3.8) is 0 Å². The molecule has 0 spiro atoms. The number of nitrogens with zero attached hydrogens (tertiary/aromatic N) is 2. The zero-order valence-corrected chi connectivity index (χ0v) is 16.5. The van der Waals surface area contributed by atoms with Gasteiger partial charge >= 0.3 is 0 Å². The Hall–Kier alpha value is -3.02. The van der Waals surface area contributed by atoms with E-state index >= 15 is 0 Å². The summed E-state index contributed by atoms with van der Waals surface area (Å²) < 4.78 is 0. The largest absolute Gasteiger partial charge is 0.398 e. The van der Waals surface area contributed by atoms with Gasteiger partial charge < -0.3 is 10.7 Å². The third-order valence-corrected chi connectivity index (χ3v) is 4.87. The maximum atomic E-state index is 5.58. The summed E-state index contributed by atoms with van der Waals surface area (Å²) in [5.41, 5.74) is 9.97. The SMILES string of the molecule is Nc1ccccc1Cl.Sc1ccc2nc(-c3ccc4cccnc4c3)[nH]c2c1. The van der Waals surface area contributed by atoms with Gasteiger partial charge in [0.05, 0.1) is 27.3 Å². The normalized spacial score (nSPS) is 10.6. The van der Waals surface area contributed by atoms with Gasteiger partial charge in [-0.2, -0.15) is 0 Å². The number of para-hydroxylation sites is 1. The van der Waals surface area contributed by atoms with E-state index in [-0.39, 0.29) is 0 Å². The van der Waals surface area contributed by atoms with E-state index in [1.165, 1.54) is 0 Å². The van der Waals surface area contributed by atoms with Crippen LogP contribution in [0.4, 0.5) is 5.69 Å². The molecule has 138 valence electrons. The molecule has 0 atom stereocenters. The minimum Gasteiger partial charge on any atom is -0.398 e. The lowest BCUT2D eigenvalue weighted by atomic mass is 10.1. The molecule has 0 radical (unpaired) electrons. The first kappa shape index (κ1) is 18.3. The molecule has 4 nitrogen and oxygen atoms in total. The lowest BCUT2D eigenvalue weighted by Crippen LogP contribution is -1.82. The van der Waals surface area contributed by atoms with Crippen LogP contribution in [-0.2, 0) is 0 Å². The number of benzene rings is 3. The third kappa shape index (κ3) is 3.96. The van der Waals surface area contributed by atoms with Gasteiger partial charge in [-0.25, -0.2) is 4.98 Å². The number of hydrogen-bond acceptors (Lipinski definition) is 4. The number of thiol groups is 1. The number of aromatic amines is 1. The van der Waals surface area contributed by atoms with Gasteiger partial charge in [-0.15, -0.1) is 12.6 Å². The maximum absolute atomic E-state index is 5.58. The molecule has 3 aromatic carbocycles. The molecule has 3 N–H and O–H groups in total. The first-order valence-corrected chi connectivity index (χ1v) is 9.46. The fourth-order valence-electron chi connectivity index (χ4n) is 2.82. The summed E-state index contributed by atoms with van der Waals surface area (Å²) >= 11 is 9.93. The van der Waals surface area contributed by atoms with Gasteiger partial charge in [-0.3, -0.25) is 4.98 Å². The summed E-state index contributed by atoms with van der Waals surface area (Å²) in [4.78, 5) is 13.2. The van der Waals surface area contributed by atoms with Crippen LogP contribution >= 0.6 is 24.2 Å². The summed E-state index contributed by atoms with van der Waals surface area (Å²) in [7, 11) is 0. The third-order valence-electron chi connectivity index (χ3n) is 4.25. The number of nitrogen functional groups attached to an aromatic ring is 1. The highest BCUT2D eigenvalue weighted by molar-refractivity contribution is 7.80. The van der Waals surface area contributed by atoms with Gasteiger partial charge in [0.2, 0.25) is 0 Å². The molecule has 0 fully saturated rings. The van der Waals surface area contributed by atoms with Gasteiger partial charge in [-0.05, 0) is 42.5 Å². The van der Waals surface area contributed by atoms with Crippen LogP contribution in [0.2, 0.25) is 5.02 Å². The summed E-state index contributed by atoms with van der Waals surface area (Å²) in [6.45, 7) is 0. The molecule has 6 heteroatoms. The topological polar surface area (TPSA) is 67.6 Å². The Balaban J connectivity index is 0.000000203. The van der Waals surface area contributed by atoms with E-state index < -0.39 is 0 Å². The highest BCUT2D eigenvalue weighted by atomic mass is 35.5. The first-order valence-electron chi connectivity index (χ1n) is 8.64. The number of halogens is 1. The highest BCUT2D eigenvalue weighted by Crippen LogP contribution is 2.24. The summed E-state index contributed by atoms with van der Waals surface area (Å²) in [6, 6.07) is 23.3. The molecule has 5 rings (SSSR count). The summed E-state index contributed by atoms with van der Waals surface area (Å²) in [5, 5.41) is 1.75. The molecule has 2 heterocycles. The molecule has 2 aromatic heterocycles. The van der Waals surface area contributed by atoms with Crippen molar-refractivity contribution in [3.05, 3.63) is 84.0 Å². The van der Waals surface area contributed by atoms with Gasteiger partial charge in [-0.1, -0.05) is 41.9 Å². The van der Waals surface area contributed by atoms with E-state index in [1.54, 1.807) is 18.3 Å². The van der Waals surface area contributed by atoms with Crippen molar-refractivity contribution < 1.29 is 0 Å². The summed E-state index contributed by atoms with van der Waals surface area (Å²) in [6.07, 6.45) is 1.80. The average Bonchev–Trinajstić information content (AvgIpc) is 3.13. The standard InChI is InChI=1S/C16H11N3S.C6H6ClN/c20-12-5-6-13-15(9-12)19-16(18-13)11-4-3-10-2-1-7-17-14(10)8-11;7-5-3-1-2-4-6(5)8/h1-9,20H,(H,18,19);1-4H,8H2. The van der Waals surface area contributed by atoms with E-state index in [1.807, 2.05) is 36.4 Å². The number of rotatable bonds is 1. The van der Waals surface area contributed by atoms with Crippen molar-refractivity contribution in [1.82, 2.24) is 15.0 Å². The van der Waals surface area contributed by atoms with Gasteiger partial charge in [0.25, 0.3) is 0 Å². The smallest absolute Gasteiger partial charge is 0.138 e. The number of fused-ring (bicyclic) bond motifs is 2. The zero-order chi connectivity index (χ0) is 19.5. The van der Waals surface area contributed by atoms with Crippen LogP contribution < -0.4 is 5.73 Å². The zero-order valence-electron chi connectivity index (χ0n) is 14.8. The fourth-order valence-corrected chi connectivity index (χ4v) is 3.16. The monoisotopic (exact) mass is 404 g/mol. The number of imidazole rings is 1. The molecule has 0 saturated heterocycles. The second-order valence-electron chi connectivity index (χ2n) is 6.22. The van der Waals surface area contributed by atoms with Crippen LogP contribution in [-0.4, -0.2) is 15.0 Å². The molecule has 5 aromatic rings. The molecule has 28 heavy (non-hydrogen) atoms. The number of aromatic nitrogens is 3. The molecule has 0 aliphatic heterocycles. The van der Waals surface area contributed by atoms with E-state index in [2.05, 4.69) is 51.8 Å².